The van der Waals surface area contributed by atoms with Crippen LogP contribution in [0.1, 0.15) is 16.8 Å². The number of carbonyl (C=O) groups excluding carboxylic acids is 1. The third-order valence-corrected chi connectivity index (χ3v) is 4.81. The molecule has 0 saturated heterocycles. The van der Waals surface area contributed by atoms with Crippen molar-refractivity contribution in [2.45, 2.75) is 27.0 Å². The van der Waals surface area contributed by atoms with E-state index in [2.05, 4.69) is 4.98 Å². The van der Waals surface area contributed by atoms with Crippen LogP contribution in [0.15, 0.2) is 30.5 Å². The Kier molecular flexibility index (Phi) is 4.35. The lowest BCUT2D eigenvalue weighted by Gasteiger charge is -2.12. The van der Waals surface area contributed by atoms with Gasteiger partial charge in [0.15, 0.2) is 11.5 Å². The van der Waals surface area contributed by atoms with E-state index in [-0.39, 0.29) is 19.3 Å². The van der Waals surface area contributed by atoms with Crippen LogP contribution in [0, 0.1) is 13.8 Å². The number of aryl methyl sites for hydroxylation is 1. The predicted molar refractivity (Wildman–Crippen MR) is 98.1 cm³/mol. The molecule has 0 unspecified atom stereocenters. The normalized spacial score (nSPS) is 12.4. The second-order valence-electron chi connectivity index (χ2n) is 6.36. The van der Waals surface area contributed by atoms with Gasteiger partial charge in [-0.05, 0) is 37.1 Å². The summed E-state index contributed by atoms with van der Waals surface area (Å²) >= 11 is 0. The fourth-order valence-electron chi connectivity index (χ4n) is 3.21. The van der Waals surface area contributed by atoms with Gasteiger partial charge in [-0.3, -0.25) is 9.78 Å². The number of benzene rings is 1. The molecule has 0 bridgehead atoms. The zero-order valence-electron chi connectivity index (χ0n) is 15.4. The summed E-state index contributed by atoms with van der Waals surface area (Å²) in [5, 5.41) is 0. The van der Waals surface area contributed by atoms with Gasteiger partial charge in [-0.25, -0.2) is 0 Å². The molecule has 0 atom stereocenters. The maximum atomic E-state index is 11.9. The predicted octanol–water partition coefficient (Wildman–Crippen LogP) is 3.13. The minimum atomic E-state index is -0.319. The van der Waals surface area contributed by atoms with E-state index in [9.17, 15) is 4.79 Å². The minimum absolute atomic E-state index is 0.110. The van der Waals surface area contributed by atoms with Crippen molar-refractivity contribution in [2.24, 2.45) is 0 Å². The summed E-state index contributed by atoms with van der Waals surface area (Å²) in [5.41, 5.74) is 4.55. The highest BCUT2D eigenvalue weighted by molar-refractivity contribution is 5.88. The summed E-state index contributed by atoms with van der Waals surface area (Å²) in [6.07, 6.45) is 1.71. The first-order chi connectivity index (χ1) is 13.1. The van der Waals surface area contributed by atoms with Crippen molar-refractivity contribution in [3.05, 3.63) is 47.3 Å². The molecule has 0 amide bonds. The fourth-order valence-corrected chi connectivity index (χ4v) is 3.21. The molecule has 3 heterocycles. The molecule has 4 rings (SSSR count). The highest BCUT2D eigenvalue weighted by atomic mass is 16.7. The topological polar surface area (TPSA) is 71.8 Å². The van der Waals surface area contributed by atoms with E-state index in [0.29, 0.717) is 12.4 Å². The Balaban J connectivity index is 1.67. The first kappa shape index (κ1) is 17.2. The average Bonchev–Trinajstić information content (AvgIpc) is 3.25. The van der Waals surface area contributed by atoms with Gasteiger partial charge in [-0.2, -0.15) is 0 Å². The molecule has 0 spiro atoms. The monoisotopic (exact) mass is 368 g/mol. The molecule has 0 radical (unpaired) electrons. The summed E-state index contributed by atoms with van der Waals surface area (Å²) in [5.74, 6) is 1.80. The lowest BCUT2D eigenvalue weighted by molar-refractivity contribution is -0.141. The van der Waals surface area contributed by atoms with Crippen LogP contribution in [0.2, 0.25) is 0 Å². The highest BCUT2D eigenvalue weighted by Crippen LogP contribution is 2.34. The molecule has 1 aromatic carbocycles. The third kappa shape index (κ3) is 3.05. The molecule has 1 aliphatic heterocycles. The van der Waals surface area contributed by atoms with Crippen molar-refractivity contribution in [1.82, 2.24) is 9.55 Å². The minimum Gasteiger partial charge on any atom is -0.487 e. The van der Waals surface area contributed by atoms with Crippen molar-refractivity contribution < 1.29 is 23.7 Å². The van der Waals surface area contributed by atoms with Gasteiger partial charge in [0.2, 0.25) is 6.79 Å². The van der Waals surface area contributed by atoms with Gasteiger partial charge < -0.3 is 23.5 Å². The SMILES string of the molecule is COC(=O)Cn1c(C)c(C)c2nccc(OCc3ccc4c(c3)OCO4)c21. The van der Waals surface area contributed by atoms with E-state index >= 15 is 0 Å². The lowest BCUT2D eigenvalue weighted by Crippen LogP contribution is -2.13. The van der Waals surface area contributed by atoms with Crippen LogP contribution in [0.3, 0.4) is 0 Å². The quantitative estimate of drug-likeness (QED) is 0.645. The van der Waals surface area contributed by atoms with E-state index in [1.165, 1.54) is 7.11 Å². The van der Waals surface area contributed by atoms with Gasteiger partial charge in [-0.15, -0.1) is 0 Å². The second-order valence-corrected chi connectivity index (χ2v) is 6.36. The Labute approximate surface area is 156 Å². The molecule has 27 heavy (non-hydrogen) atoms. The van der Waals surface area contributed by atoms with Crippen LogP contribution < -0.4 is 14.2 Å². The van der Waals surface area contributed by atoms with Crippen molar-refractivity contribution >= 4 is 17.0 Å². The first-order valence-electron chi connectivity index (χ1n) is 8.61. The van der Waals surface area contributed by atoms with Crippen molar-refractivity contribution in [3.8, 4) is 17.2 Å². The van der Waals surface area contributed by atoms with Gasteiger partial charge in [0.25, 0.3) is 0 Å². The molecule has 1 aliphatic rings. The Hall–Kier alpha value is -3.22. The number of pyridine rings is 1. The number of esters is 1. The van der Waals surface area contributed by atoms with Crippen LogP contribution in [0.5, 0.6) is 17.2 Å². The zero-order chi connectivity index (χ0) is 19.0. The maximum Gasteiger partial charge on any atom is 0.325 e. The number of nitrogens with zero attached hydrogens (tertiary/aromatic N) is 2. The van der Waals surface area contributed by atoms with Crippen LogP contribution in [-0.2, 0) is 22.7 Å². The summed E-state index contributed by atoms with van der Waals surface area (Å²) in [4.78, 5) is 16.3. The Morgan fingerprint density at radius 2 is 2.04 bits per heavy atom. The Morgan fingerprint density at radius 1 is 1.22 bits per heavy atom. The number of fused-ring (bicyclic) bond motifs is 2. The number of ether oxygens (including phenoxy) is 4. The van der Waals surface area contributed by atoms with Crippen LogP contribution >= 0.6 is 0 Å². The van der Waals surface area contributed by atoms with E-state index in [1.807, 2.05) is 42.7 Å². The largest absolute Gasteiger partial charge is 0.487 e. The van der Waals surface area contributed by atoms with E-state index < -0.39 is 0 Å². The molecule has 3 aromatic rings. The van der Waals surface area contributed by atoms with E-state index in [1.54, 1.807) is 6.20 Å². The first-order valence-corrected chi connectivity index (χ1v) is 8.61. The molecule has 0 saturated carbocycles. The molecular weight excluding hydrogens is 348 g/mol. The summed E-state index contributed by atoms with van der Waals surface area (Å²) in [7, 11) is 1.38. The Bertz CT molecular complexity index is 1020. The Morgan fingerprint density at radius 3 is 2.85 bits per heavy atom. The van der Waals surface area contributed by atoms with Crippen LogP contribution in [0.4, 0.5) is 0 Å². The van der Waals surface area contributed by atoms with Gasteiger partial charge in [0.05, 0.1) is 12.6 Å². The second kappa shape index (κ2) is 6.83. The van der Waals surface area contributed by atoms with Gasteiger partial charge in [0.1, 0.15) is 24.4 Å². The molecule has 0 N–H and O–H groups in total. The van der Waals surface area contributed by atoms with Gasteiger partial charge in [0, 0.05) is 18.0 Å². The number of hydrogen-bond acceptors (Lipinski definition) is 6. The molecule has 7 nitrogen and oxygen atoms in total. The van der Waals surface area contributed by atoms with Gasteiger partial charge in [-0.1, -0.05) is 6.07 Å². The third-order valence-electron chi connectivity index (χ3n) is 4.81. The van der Waals surface area contributed by atoms with E-state index in [4.69, 9.17) is 18.9 Å². The van der Waals surface area contributed by atoms with Gasteiger partial charge >= 0.3 is 5.97 Å². The maximum absolute atomic E-state index is 11.9. The van der Waals surface area contributed by atoms with Crippen molar-refractivity contribution in [2.75, 3.05) is 13.9 Å². The number of aromatic nitrogens is 2. The summed E-state index contributed by atoms with van der Waals surface area (Å²) in [6, 6.07) is 7.53. The number of hydrogen-bond donors (Lipinski definition) is 0. The zero-order valence-corrected chi connectivity index (χ0v) is 15.4. The fraction of sp³-hybridized carbons (Fsp3) is 0.300. The molecule has 7 heteroatoms. The lowest BCUT2D eigenvalue weighted by atomic mass is 10.2. The van der Waals surface area contributed by atoms with Crippen molar-refractivity contribution in [3.63, 3.8) is 0 Å². The molecule has 2 aromatic heterocycles. The number of rotatable bonds is 5. The average molecular weight is 368 g/mol. The van der Waals surface area contributed by atoms with Crippen molar-refractivity contribution in [1.29, 1.82) is 0 Å². The molecule has 140 valence electrons. The highest BCUT2D eigenvalue weighted by Gasteiger charge is 2.19. The molecule has 0 aliphatic carbocycles. The number of methoxy groups -OCH3 is 1. The molecule has 0 fully saturated rings. The molecular formula is C20H20N2O5. The number of carbonyl (C=O) groups is 1. The van der Waals surface area contributed by atoms with E-state index in [0.717, 1.165) is 39.4 Å². The van der Waals surface area contributed by atoms with Crippen LogP contribution in [-0.4, -0.2) is 29.4 Å². The smallest absolute Gasteiger partial charge is 0.325 e. The summed E-state index contributed by atoms with van der Waals surface area (Å²) < 4.78 is 23.5. The summed E-state index contributed by atoms with van der Waals surface area (Å²) in [6.45, 7) is 4.65. The van der Waals surface area contributed by atoms with Crippen LogP contribution in [0.25, 0.3) is 11.0 Å². The standard InChI is InChI=1S/C20H20N2O5/c1-12-13(2)22(9-18(23)24-3)20-16(6-7-21-19(12)20)25-10-14-4-5-15-17(8-14)27-11-26-15/h4-8H,9-11H2,1-3H3.